The summed E-state index contributed by atoms with van der Waals surface area (Å²) in [7, 11) is 0. The first-order chi connectivity index (χ1) is 6.15. The molecular weight excluding hydrogens is 186 g/mol. The summed E-state index contributed by atoms with van der Waals surface area (Å²) < 4.78 is 0. The van der Waals surface area contributed by atoms with Crippen molar-refractivity contribution in [2.45, 2.75) is 19.4 Å². The molecule has 2 N–H and O–H groups in total. The van der Waals surface area contributed by atoms with Gasteiger partial charge in [-0.3, -0.25) is 15.2 Å². The average molecular weight is 199 g/mol. The van der Waals surface area contributed by atoms with Crippen LogP contribution in [0.1, 0.15) is 13.3 Å². The third-order valence-electron chi connectivity index (χ3n) is 1.78. The Labute approximate surface area is 82.9 Å². The standard InChI is InChI=1S/C8H13N3OS/c1-3-4-9-8(13)11-6(2)5-7(12)10-11/h3,6H,1,4-5H2,2H3,(H,9,13)(H,10,12). The van der Waals surface area contributed by atoms with Crippen LogP contribution < -0.4 is 10.7 Å². The van der Waals surface area contributed by atoms with Crippen molar-refractivity contribution < 1.29 is 4.79 Å². The highest BCUT2D eigenvalue weighted by Gasteiger charge is 2.27. The number of nitrogens with zero attached hydrogens (tertiary/aromatic N) is 1. The zero-order valence-electron chi connectivity index (χ0n) is 7.54. The Balaban J connectivity index is 2.47. The SMILES string of the molecule is C=CCNC(=S)N1NC(=O)CC1C. The highest BCUT2D eigenvalue weighted by atomic mass is 32.1. The number of hydrogen-bond acceptors (Lipinski definition) is 2. The summed E-state index contributed by atoms with van der Waals surface area (Å²) in [5, 5.41) is 5.16. The summed E-state index contributed by atoms with van der Waals surface area (Å²) in [4.78, 5) is 11.0. The van der Waals surface area contributed by atoms with Crippen LogP contribution in [0, 0.1) is 0 Å². The van der Waals surface area contributed by atoms with Gasteiger partial charge in [-0.05, 0) is 19.1 Å². The van der Waals surface area contributed by atoms with Gasteiger partial charge >= 0.3 is 0 Å². The van der Waals surface area contributed by atoms with E-state index in [0.29, 0.717) is 18.1 Å². The lowest BCUT2D eigenvalue weighted by Crippen LogP contribution is -2.47. The number of amides is 1. The second-order valence-corrected chi connectivity index (χ2v) is 3.32. The normalized spacial score (nSPS) is 21.2. The van der Waals surface area contributed by atoms with Crippen LogP contribution in [0.3, 0.4) is 0 Å². The van der Waals surface area contributed by atoms with Crippen molar-refractivity contribution in [3.05, 3.63) is 12.7 Å². The highest BCUT2D eigenvalue weighted by molar-refractivity contribution is 7.80. The number of nitrogens with one attached hydrogen (secondary N) is 2. The van der Waals surface area contributed by atoms with E-state index >= 15 is 0 Å². The Morgan fingerprint density at radius 2 is 2.69 bits per heavy atom. The fraction of sp³-hybridized carbons (Fsp3) is 0.500. The molecule has 1 saturated heterocycles. The van der Waals surface area contributed by atoms with E-state index in [2.05, 4.69) is 17.3 Å². The Morgan fingerprint density at radius 3 is 3.15 bits per heavy atom. The van der Waals surface area contributed by atoms with Crippen LogP contribution in [0.2, 0.25) is 0 Å². The summed E-state index contributed by atoms with van der Waals surface area (Å²) in [5.74, 6) is 0.00949. The van der Waals surface area contributed by atoms with E-state index in [1.165, 1.54) is 0 Å². The molecule has 13 heavy (non-hydrogen) atoms. The molecule has 0 aromatic carbocycles. The van der Waals surface area contributed by atoms with Crippen molar-refractivity contribution in [3.8, 4) is 0 Å². The van der Waals surface area contributed by atoms with Crippen molar-refractivity contribution in [1.82, 2.24) is 15.8 Å². The Hall–Kier alpha value is -1.10. The quantitative estimate of drug-likeness (QED) is 0.491. The molecule has 1 atom stereocenters. The number of rotatable bonds is 2. The van der Waals surface area contributed by atoms with Gasteiger partial charge in [0.25, 0.3) is 0 Å². The van der Waals surface area contributed by atoms with Crippen LogP contribution in [-0.4, -0.2) is 28.6 Å². The van der Waals surface area contributed by atoms with Gasteiger partial charge in [0.15, 0.2) is 5.11 Å². The van der Waals surface area contributed by atoms with E-state index in [-0.39, 0.29) is 11.9 Å². The molecule has 1 aliphatic rings. The molecule has 5 heteroatoms. The molecule has 0 radical (unpaired) electrons. The minimum atomic E-state index is 0.00949. The zero-order valence-corrected chi connectivity index (χ0v) is 8.36. The van der Waals surface area contributed by atoms with Crippen molar-refractivity contribution in [1.29, 1.82) is 0 Å². The molecule has 1 fully saturated rings. The van der Waals surface area contributed by atoms with Gasteiger partial charge in [-0.25, -0.2) is 0 Å². The zero-order chi connectivity index (χ0) is 9.84. The highest BCUT2D eigenvalue weighted by Crippen LogP contribution is 2.08. The lowest BCUT2D eigenvalue weighted by atomic mass is 10.2. The number of hydrogen-bond donors (Lipinski definition) is 2. The first kappa shape index (κ1) is 9.98. The van der Waals surface area contributed by atoms with Crippen LogP contribution in [0.25, 0.3) is 0 Å². The molecule has 0 bridgehead atoms. The Kier molecular flexibility index (Phi) is 3.25. The molecule has 1 aliphatic heterocycles. The molecule has 0 aromatic heterocycles. The van der Waals surface area contributed by atoms with E-state index in [0.717, 1.165) is 0 Å². The van der Waals surface area contributed by atoms with E-state index in [1.807, 2.05) is 6.92 Å². The fourth-order valence-corrected chi connectivity index (χ4v) is 1.45. The summed E-state index contributed by atoms with van der Waals surface area (Å²) in [6.45, 7) is 6.12. The van der Waals surface area contributed by atoms with Gasteiger partial charge in [-0.1, -0.05) is 6.08 Å². The maximum atomic E-state index is 11.0. The van der Waals surface area contributed by atoms with Crippen molar-refractivity contribution in [2.75, 3.05) is 6.54 Å². The first-order valence-corrected chi connectivity index (χ1v) is 4.53. The minimum absolute atomic E-state index is 0.00949. The van der Waals surface area contributed by atoms with Crippen LogP contribution >= 0.6 is 12.2 Å². The molecule has 72 valence electrons. The lowest BCUT2D eigenvalue weighted by Gasteiger charge is -2.23. The van der Waals surface area contributed by atoms with Crippen LogP contribution in [0.4, 0.5) is 0 Å². The van der Waals surface area contributed by atoms with Gasteiger partial charge in [0.1, 0.15) is 0 Å². The van der Waals surface area contributed by atoms with Gasteiger partial charge in [-0.2, -0.15) is 0 Å². The monoisotopic (exact) mass is 199 g/mol. The van der Waals surface area contributed by atoms with Gasteiger partial charge in [0, 0.05) is 6.54 Å². The number of thiocarbonyl (C=S) groups is 1. The fourth-order valence-electron chi connectivity index (χ4n) is 1.15. The van der Waals surface area contributed by atoms with Gasteiger partial charge < -0.3 is 5.32 Å². The Bertz CT molecular complexity index is 242. The topological polar surface area (TPSA) is 44.4 Å². The van der Waals surface area contributed by atoms with Crippen molar-refractivity contribution >= 4 is 23.2 Å². The molecule has 4 nitrogen and oxygen atoms in total. The molecule has 1 amide bonds. The molecule has 0 spiro atoms. The summed E-state index contributed by atoms with van der Waals surface area (Å²) in [6, 6.07) is 0.123. The van der Waals surface area contributed by atoms with Gasteiger partial charge in [0.05, 0.1) is 12.5 Å². The van der Waals surface area contributed by atoms with E-state index in [4.69, 9.17) is 12.2 Å². The van der Waals surface area contributed by atoms with Gasteiger partial charge in [0.2, 0.25) is 5.91 Å². The minimum Gasteiger partial charge on any atom is -0.358 e. The second-order valence-electron chi connectivity index (χ2n) is 2.93. The second kappa shape index (κ2) is 4.23. The molecule has 0 saturated carbocycles. The third kappa shape index (κ3) is 2.42. The number of carbonyl (C=O) groups excluding carboxylic acids is 1. The Morgan fingerprint density at radius 1 is 2.00 bits per heavy atom. The molecule has 1 rings (SSSR count). The van der Waals surface area contributed by atoms with E-state index in [1.54, 1.807) is 11.1 Å². The van der Waals surface area contributed by atoms with Crippen LogP contribution in [0.15, 0.2) is 12.7 Å². The van der Waals surface area contributed by atoms with Crippen molar-refractivity contribution in [2.24, 2.45) is 0 Å². The lowest BCUT2D eigenvalue weighted by molar-refractivity contribution is -0.120. The summed E-state index contributed by atoms with van der Waals surface area (Å²) in [5.41, 5.74) is 2.67. The number of hydrazine groups is 1. The summed E-state index contributed by atoms with van der Waals surface area (Å²) in [6.07, 6.45) is 2.21. The maximum Gasteiger partial charge on any atom is 0.240 e. The summed E-state index contributed by atoms with van der Waals surface area (Å²) >= 11 is 5.06. The van der Waals surface area contributed by atoms with E-state index in [9.17, 15) is 4.79 Å². The molecule has 0 aromatic rings. The number of carbonyl (C=O) groups is 1. The molecule has 1 unspecified atom stereocenters. The predicted molar refractivity (Wildman–Crippen MR) is 54.9 cm³/mol. The third-order valence-corrected chi connectivity index (χ3v) is 2.12. The average Bonchev–Trinajstić information content (AvgIpc) is 2.41. The van der Waals surface area contributed by atoms with Crippen LogP contribution in [0.5, 0.6) is 0 Å². The molecule has 0 aliphatic carbocycles. The van der Waals surface area contributed by atoms with Gasteiger partial charge in [-0.15, -0.1) is 6.58 Å². The van der Waals surface area contributed by atoms with E-state index < -0.39 is 0 Å². The molecule has 1 heterocycles. The van der Waals surface area contributed by atoms with Crippen molar-refractivity contribution in [3.63, 3.8) is 0 Å². The van der Waals surface area contributed by atoms with Crippen LogP contribution in [-0.2, 0) is 4.79 Å². The molecular formula is C8H13N3OS. The smallest absolute Gasteiger partial charge is 0.240 e. The predicted octanol–water partition coefficient (Wildman–Crippen LogP) is 0.172. The largest absolute Gasteiger partial charge is 0.358 e. The first-order valence-electron chi connectivity index (χ1n) is 4.12. The maximum absolute atomic E-state index is 11.0.